The molecule has 0 amide bonds. The molecule has 0 aliphatic carbocycles. The van der Waals surface area contributed by atoms with E-state index < -0.39 is 0 Å². The maximum Gasteiger partial charge on any atom is 1.00 e. The van der Waals surface area contributed by atoms with E-state index in [1.165, 1.54) is 12.8 Å². The van der Waals surface area contributed by atoms with E-state index in [1.807, 2.05) is 0 Å². The first-order chi connectivity index (χ1) is 3.83. The van der Waals surface area contributed by atoms with Crippen LogP contribution in [0.25, 0.3) is 0 Å². The van der Waals surface area contributed by atoms with Gasteiger partial charge in [0.15, 0.2) is 0 Å². The molecule has 0 rings (SSSR count). The second kappa shape index (κ2) is 31.9. The largest absolute Gasteiger partial charge is 1.00 e. The maximum atomic E-state index is 2.12. The Hall–Kier alpha value is 1.19. The molecule has 0 bridgehead atoms. The summed E-state index contributed by atoms with van der Waals surface area (Å²) in [6, 6.07) is 0. The summed E-state index contributed by atoms with van der Waals surface area (Å²) in [5, 5.41) is 0. The Bertz CT molecular complexity index is 15.2. The van der Waals surface area contributed by atoms with Crippen LogP contribution in [-0.2, 0) is 0 Å². The Balaban J connectivity index is -0.0000000300. The van der Waals surface area contributed by atoms with E-state index in [9.17, 15) is 0 Å². The van der Waals surface area contributed by atoms with Crippen molar-refractivity contribution in [2.24, 2.45) is 0 Å². The van der Waals surface area contributed by atoms with Gasteiger partial charge in [-0.3, -0.25) is 0 Å². The van der Waals surface area contributed by atoms with E-state index in [0.717, 1.165) is 0 Å². The molecule has 0 aliphatic rings. The number of rotatable bonds is 2. The van der Waals surface area contributed by atoms with Crippen LogP contribution in [0.4, 0.5) is 0 Å². The summed E-state index contributed by atoms with van der Waals surface area (Å²) in [5.41, 5.74) is 0. The zero-order valence-corrected chi connectivity index (χ0v) is 8.57. The molecule has 0 heterocycles. The van der Waals surface area contributed by atoms with Gasteiger partial charge in [0, 0.05) is 0 Å². The molecule has 0 aromatic carbocycles. The van der Waals surface area contributed by atoms with Crippen molar-refractivity contribution in [1.29, 1.82) is 0 Å². The smallest absolute Gasteiger partial charge is 0.332 e. The summed E-state index contributed by atoms with van der Waals surface area (Å²) >= 11 is 0. The fraction of sp³-hybridized carbons (Fsp3) is 0.750. The van der Waals surface area contributed by atoms with Gasteiger partial charge >= 0.3 is 37.7 Å². The van der Waals surface area contributed by atoms with Crippen molar-refractivity contribution >= 4 is 0 Å². The summed E-state index contributed by atoms with van der Waals surface area (Å²) in [7, 11) is 0. The Kier molecular flexibility index (Phi) is 71.8. The van der Waals surface area contributed by atoms with Crippen LogP contribution in [0.3, 0.4) is 0 Å². The molecule has 0 fully saturated rings. The van der Waals surface area contributed by atoms with E-state index >= 15 is 0 Å². The second-order valence-corrected chi connectivity index (χ2v) is 1.63. The molecule has 52 valence electrons. The second-order valence-electron chi connectivity index (χ2n) is 1.63. The van der Waals surface area contributed by atoms with Crippen LogP contribution < -0.4 is 37.7 Å². The van der Waals surface area contributed by atoms with Crippen molar-refractivity contribution in [3.63, 3.8) is 0 Å². The normalized spacial score (nSPS) is 6.00. The van der Waals surface area contributed by atoms with Gasteiger partial charge in [0.25, 0.3) is 0 Å². The van der Waals surface area contributed by atoms with Crippen LogP contribution in [0.1, 0.15) is 40.5 Å². The summed E-state index contributed by atoms with van der Waals surface area (Å²) in [6.45, 7) is 8.36. The molecule has 0 aromatic rings. The monoisotopic (exact) mass is 128 g/mol. The van der Waals surface area contributed by atoms with E-state index in [-0.39, 0.29) is 37.7 Å². The van der Waals surface area contributed by atoms with Crippen LogP contribution in [0.2, 0.25) is 0 Å². The molecule has 10 heavy (non-hydrogen) atoms. The van der Waals surface area contributed by atoms with Crippen LogP contribution >= 0.6 is 0 Å². The van der Waals surface area contributed by atoms with Gasteiger partial charge in [-0.1, -0.05) is 13.8 Å². The Labute approximate surface area is 90.9 Å². The first-order valence-electron chi connectivity index (χ1n) is 3.39. The van der Waals surface area contributed by atoms with E-state index in [1.54, 1.807) is 0 Å². The molecule has 0 N–H and O–H groups in total. The zero-order chi connectivity index (χ0) is 6.83. The van der Waals surface area contributed by atoms with Gasteiger partial charge in [-0.05, 0) is 0 Å². The quantitative estimate of drug-likeness (QED) is 0.279. The first kappa shape index (κ1) is 22.5. The Morgan fingerprint density at radius 1 is 0.800 bits per heavy atom. The molecule has 0 unspecified atom stereocenters. The van der Waals surface area contributed by atoms with Crippen LogP contribution in [0.5, 0.6) is 0 Å². The van der Waals surface area contributed by atoms with Gasteiger partial charge < -0.3 is 12.8 Å². The minimum atomic E-state index is 0. The SMILES string of the molecule is C[CH-]CC.C[CH-]CC.[Li+].[Li+]. The first-order valence-corrected chi connectivity index (χ1v) is 3.39. The van der Waals surface area contributed by atoms with Gasteiger partial charge in [-0.15, -0.1) is 0 Å². The van der Waals surface area contributed by atoms with Crippen molar-refractivity contribution in [1.82, 2.24) is 0 Å². The summed E-state index contributed by atoms with van der Waals surface area (Å²) < 4.78 is 0. The zero-order valence-electron chi connectivity index (χ0n) is 8.57. The molecule has 0 saturated carbocycles. The molecule has 0 spiro atoms. The van der Waals surface area contributed by atoms with Crippen LogP contribution in [0.15, 0.2) is 0 Å². The number of hydrogen-bond acceptors (Lipinski definition) is 0. The van der Waals surface area contributed by atoms with Crippen molar-refractivity contribution in [2.45, 2.75) is 40.5 Å². The van der Waals surface area contributed by atoms with E-state index in [0.29, 0.717) is 0 Å². The Morgan fingerprint density at radius 2 is 0.900 bits per heavy atom. The molecule has 0 aliphatic heterocycles. The van der Waals surface area contributed by atoms with Crippen molar-refractivity contribution in [3.8, 4) is 0 Å². The van der Waals surface area contributed by atoms with E-state index in [2.05, 4.69) is 40.5 Å². The molecule has 0 atom stereocenters. The average molecular weight is 128 g/mol. The standard InChI is InChI=1S/2C4H9.2Li/c2*1-3-4-2;;/h2*3H,4H2,1-2H3;;/q2*-1;2*+1. The van der Waals surface area contributed by atoms with Gasteiger partial charge in [0.05, 0.1) is 0 Å². The Morgan fingerprint density at radius 3 is 0.900 bits per heavy atom. The average Bonchev–Trinajstić information content (AvgIpc) is 1.88. The van der Waals surface area contributed by atoms with Gasteiger partial charge in [0.2, 0.25) is 0 Å². The molecule has 0 aromatic heterocycles. The third-order valence-electron chi connectivity index (χ3n) is 0.816. The molecule has 0 saturated heterocycles. The van der Waals surface area contributed by atoms with Crippen molar-refractivity contribution < 1.29 is 37.7 Å². The van der Waals surface area contributed by atoms with Gasteiger partial charge in [0.1, 0.15) is 0 Å². The molecular weight excluding hydrogens is 110 g/mol. The molecular formula is C8H18Li2. The third kappa shape index (κ3) is 60.5. The van der Waals surface area contributed by atoms with Gasteiger partial charge in [-0.2, -0.15) is 26.7 Å². The third-order valence-corrected chi connectivity index (χ3v) is 0.816. The fourth-order valence-electron chi connectivity index (χ4n) is 0. The number of unbranched alkanes of at least 4 members (excludes halogenated alkanes) is 2. The summed E-state index contributed by atoms with van der Waals surface area (Å²) in [6.07, 6.45) is 6.64. The topological polar surface area (TPSA) is 0 Å². The minimum Gasteiger partial charge on any atom is -0.332 e. The maximum absolute atomic E-state index is 2.12. The number of hydrogen-bond donors (Lipinski definition) is 0. The van der Waals surface area contributed by atoms with Crippen molar-refractivity contribution in [3.05, 3.63) is 12.8 Å². The molecule has 2 heteroatoms. The van der Waals surface area contributed by atoms with Gasteiger partial charge in [-0.25, -0.2) is 0 Å². The predicted octanol–water partition coefficient (Wildman–Crippen LogP) is -2.75. The van der Waals surface area contributed by atoms with Crippen molar-refractivity contribution in [2.75, 3.05) is 0 Å². The predicted molar refractivity (Wildman–Crippen MR) is 40.5 cm³/mol. The molecule has 0 nitrogen and oxygen atoms in total. The molecule has 0 radical (unpaired) electrons. The fourth-order valence-corrected chi connectivity index (χ4v) is 0. The summed E-state index contributed by atoms with van der Waals surface area (Å²) in [4.78, 5) is 0. The minimum absolute atomic E-state index is 0. The van der Waals surface area contributed by atoms with Crippen LogP contribution in [-0.4, -0.2) is 0 Å². The van der Waals surface area contributed by atoms with E-state index in [4.69, 9.17) is 0 Å². The summed E-state index contributed by atoms with van der Waals surface area (Å²) in [5.74, 6) is 0. The van der Waals surface area contributed by atoms with Crippen LogP contribution in [0, 0.1) is 12.8 Å².